The highest BCUT2D eigenvalue weighted by Gasteiger charge is 2.15. The molecule has 0 aliphatic carbocycles. The Morgan fingerprint density at radius 1 is 1.28 bits per heavy atom. The van der Waals surface area contributed by atoms with Crippen LogP contribution in [0, 0.1) is 0 Å². The molecular formula is C13H12N2O2S. The molecule has 2 aromatic rings. The minimum Gasteiger partial charge on any atom is -0.378 e. The van der Waals surface area contributed by atoms with Crippen molar-refractivity contribution in [3.8, 4) is 0 Å². The number of rotatable bonds is 4. The number of carbonyl (C=O) groups is 1. The van der Waals surface area contributed by atoms with Gasteiger partial charge in [-0.05, 0) is 17.0 Å². The van der Waals surface area contributed by atoms with Crippen molar-refractivity contribution in [2.75, 3.05) is 0 Å². The molecule has 18 heavy (non-hydrogen) atoms. The highest BCUT2D eigenvalue weighted by molar-refractivity contribution is 7.11. The van der Waals surface area contributed by atoms with Crippen molar-refractivity contribution >= 4 is 23.5 Å². The number of nitrogens with zero attached hydrogens (tertiary/aromatic N) is 1. The number of hydrogen-bond donors (Lipinski definition) is 2. The fourth-order valence-electron chi connectivity index (χ4n) is 1.37. The van der Waals surface area contributed by atoms with Crippen molar-refractivity contribution in [3.05, 3.63) is 58.3 Å². The molecule has 1 atom stereocenters. The van der Waals surface area contributed by atoms with Gasteiger partial charge in [-0.1, -0.05) is 36.4 Å². The zero-order valence-electron chi connectivity index (χ0n) is 9.48. The summed E-state index contributed by atoms with van der Waals surface area (Å²) in [4.78, 5) is 12.5. The van der Waals surface area contributed by atoms with Crippen LogP contribution in [0.3, 0.4) is 0 Å². The monoisotopic (exact) mass is 260 g/mol. The van der Waals surface area contributed by atoms with E-state index in [4.69, 9.17) is 0 Å². The molecule has 1 heterocycles. The lowest BCUT2D eigenvalue weighted by atomic mass is 10.1. The third-order valence-electron chi connectivity index (χ3n) is 2.27. The predicted octanol–water partition coefficient (Wildman–Crippen LogP) is 1.93. The first kappa shape index (κ1) is 12.5. The average Bonchev–Trinajstić information content (AvgIpc) is 2.92. The van der Waals surface area contributed by atoms with E-state index in [2.05, 4.69) is 10.5 Å². The summed E-state index contributed by atoms with van der Waals surface area (Å²) >= 11 is 1.52. The third kappa shape index (κ3) is 3.26. The Kier molecular flexibility index (Phi) is 4.22. The molecule has 0 bridgehead atoms. The number of hydrazone groups is 1. The number of nitrogens with one attached hydrogen (secondary N) is 1. The van der Waals surface area contributed by atoms with E-state index < -0.39 is 12.0 Å². The van der Waals surface area contributed by atoms with Crippen LogP contribution in [0.5, 0.6) is 0 Å². The van der Waals surface area contributed by atoms with Crippen molar-refractivity contribution in [2.45, 2.75) is 6.10 Å². The zero-order chi connectivity index (χ0) is 12.8. The van der Waals surface area contributed by atoms with Gasteiger partial charge in [0.25, 0.3) is 5.91 Å². The summed E-state index contributed by atoms with van der Waals surface area (Å²) in [7, 11) is 0. The van der Waals surface area contributed by atoms with Gasteiger partial charge < -0.3 is 5.11 Å². The van der Waals surface area contributed by atoms with E-state index in [1.165, 1.54) is 11.3 Å². The Morgan fingerprint density at radius 3 is 2.72 bits per heavy atom. The number of amides is 1. The van der Waals surface area contributed by atoms with Crippen LogP contribution >= 0.6 is 11.3 Å². The largest absolute Gasteiger partial charge is 0.378 e. The highest BCUT2D eigenvalue weighted by atomic mass is 32.1. The lowest BCUT2D eigenvalue weighted by molar-refractivity contribution is -0.129. The Labute approximate surface area is 109 Å². The van der Waals surface area contributed by atoms with Crippen LogP contribution < -0.4 is 5.43 Å². The molecule has 0 saturated heterocycles. The number of thiophene rings is 1. The minimum absolute atomic E-state index is 0.543. The molecule has 4 nitrogen and oxygen atoms in total. The summed E-state index contributed by atoms with van der Waals surface area (Å²) in [5.41, 5.74) is 2.85. The first-order valence-corrected chi connectivity index (χ1v) is 6.25. The Hall–Kier alpha value is -1.98. The van der Waals surface area contributed by atoms with Gasteiger partial charge >= 0.3 is 0 Å². The van der Waals surface area contributed by atoms with E-state index in [9.17, 15) is 9.90 Å². The molecule has 92 valence electrons. The summed E-state index contributed by atoms with van der Waals surface area (Å²) in [5, 5.41) is 15.5. The number of aliphatic hydroxyl groups is 1. The molecule has 0 radical (unpaired) electrons. The van der Waals surface area contributed by atoms with Gasteiger partial charge in [0.2, 0.25) is 0 Å². The fraction of sp³-hybridized carbons (Fsp3) is 0.0769. The topological polar surface area (TPSA) is 61.7 Å². The second-order valence-electron chi connectivity index (χ2n) is 3.56. The van der Waals surface area contributed by atoms with Gasteiger partial charge in [-0.15, -0.1) is 11.3 Å². The molecule has 2 N–H and O–H groups in total. The molecule has 0 aliphatic heterocycles. The fourth-order valence-corrected chi connectivity index (χ4v) is 1.96. The van der Waals surface area contributed by atoms with Gasteiger partial charge in [0.1, 0.15) is 0 Å². The number of aliphatic hydroxyl groups excluding tert-OH is 1. The molecule has 5 heteroatoms. The Balaban J connectivity index is 1.92. The van der Waals surface area contributed by atoms with Crippen LogP contribution in [-0.2, 0) is 4.79 Å². The van der Waals surface area contributed by atoms with Gasteiger partial charge in [-0.25, -0.2) is 5.43 Å². The Bertz CT molecular complexity index is 523. The van der Waals surface area contributed by atoms with E-state index in [-0.39, 0.29) is 0 Å². The molecule has 2 rings (SSSR count). The maximum absolute atomic E-state index is 11.6. The van der Waals surface area contributed by atoms with E-state index in [1.807, 2.05) is 23.6 Å². The number of carbonyl (C=O) groups excluding carboxylic acids is 1. The SMILES string of the molecule is O=C(NN=Cc1cccs1)[C@@H](O)c1ccccc1. The summed E-state index contributed by atoms with van der Waals surface area (Å²) in [5.74, 6) is -0.547. The van der Waals surface area contributed by atoms with Crippen LogP contribution in [0.2, 0.25) is 0 Å². The Morgan fingerprint density at radius 2 is 2.06 bits per heavy atom. The molecule has 0 unspecified atom stereocenters. The van der Waals surface area contributed by atoms with Crippen molar-refractivity contribution < 1.29 is 9.90 Å². The van der Waals surface area contributed by atoms with Crippen LogP contribution in [0.4, 0.5) is 0 Å². The molecule has 1 amide bonds. The van der Waals surface area contributed by atoms with Gasteiger partial charge in [0.15, 0.2) is 6.10 Å². The van der Waals surface area contributed by atoms with Crippen molar-refractivity contribution in [1.29, 1.82) is 0 Å². The van der Waals surface area contributed by atoms with Gasteiger partial charge in [-0.2, -0.15) is 5.10 Å². The molecular weight excluding hydrogens is 248 g/mol. The maximum atomic E-state index is 11.6. The standard InChI is InChI=1S/C13H12N2O2S/c16-12(10-5-2-1-3-6-10)13(17)15-14-9-11-7-4-8-18-11/h1-9,12,16H,(H,15,17)/t12-/m0/s1. The maximum Gasteiger partial charge on any atom is 0.273 e. The molecule has 0 fully saturated rings. The van der Waals surface area contributed by atoms with E-state index in [0.29, 0.717) is 5.56 Å². The normalized spacial score (nSPS) is 12.5. The van der Waals surface area contributed by atoms with Crippen molar-refractivity contribution in [3.63, 3.8) is 0 Å². The third-order valence-corrected chi connectivity index (χ3v) is 3.08. The van der Waals surface area contributed by atoms with Crippen LogP contribution in [0.15, 0.2) is 52.9 Å². The van der Waals surface area contributed by atoms with Crippen LogP contribution in [0.1, 0.15) is 16.5 Å². The van der Waals surface area contributed by atoms with Gasteiger partial charge in [0.05, 0.1) is 6.21 Å². The summed E-state index contributed by atoms with van der Waals surface area (Å²) in [6, 6.07) is 12.5. The molecule has 0 spiro atoms. The van der Waals surface area contributed by atoms with Crippen LogP contribution in [0.25, 0.3) is 0 Å². The van der Waals surface area contributed by atoms with E-state index in [0.717, 1.165) is 4.88 Å². The molecule has 0 saturated carbocycles. The van der Waals surface area contributed by atoms with E-state index in [1.54, 1.807) is 30.5 Å². The second kappa shape index (κ2) is 6.09. The summed E-state index contributed by atoms with van der Waals surface area (Å²) in [6.07, 6.45) is 0.340. The quantitative estimate of drug-likeness (QED) is 0.652. The van der Waals surface area contributed by atoms with E-state index >= 15 is 0 Å². The first-order chi connectivity index (χ1) is 8.77. The van der Waals surface area contributed by atoms with Crippen LogP contribution in [-0.4, -0.2) is 17.2 Å². The molecule has 1 aromatic heterocycles. The average molecular weight is 260 g/mol. The summed E-state index contributed by atoms with van der Waals surface area (Å²) < 4.78 is 0. The minimum atomic E-state index is -1.20. The first-order valence-electron chi connectivity index (χ1n) is 5.37. The van der Waals surface area contributed by atoms with Gasteiger partial charge in [0, 0.05) is 4.88 Å². The highest BCUT2D eigenvalue weighted by Crippen LogP contribution is 2.11. The van der Waals surface area contributed by atoms with Gasteiger partial charge in [-0.3, -0.25) is 4.79 Å². The zero-order valence-corrected chi connectivity index (χ0v) is 10.3. The lowest BCUT2D eigenvalue weighted by Crippen LogP contribution is -2.25. The smallest absolute Gasteiger partial charge is 0.273 e. The number of benzene rings is 1. The lowest BCUT2D eigenvalue weighted by Gasteiger charge is -2.08. The van der Waals surface area contributed by atoms with Crippen molar-refractivity contribution in [2.24, 2.45) is 5.10 Å². The number of hydrogen-bond acceptors (Lipinski definition) is 4. The summed E-state index contributed by atoms with van der Waals surface area (Å²) in [6.45, 7) is 0. The second-order valence-corrected chi connectivity index (χ2v) is 4.54. The molecule has 1 aromatic carbocycles. The molecule has 0 aliphatic rings. The van der Waals surface area contributed by atoms with Crippen molar-refractivity contribution in [1.82, 2.24) is 5.43 Å². The predicted molar refractivity (Wildman–Crippen MR) is 71.5 cm³/mol.